The van der Waals surface area contributed by atoms with E-state index in [4.69, 9.17) is 5.11 Å². The van der Waals surface area contributed by atoms with Gasteiger partial charge in [0.25, 0.3) is 0 Å². The first-order valence-electron chi connectivity index (χ1n) is 6.86. The lowest BCUT2D eigenvalue weighted by atomic mass is 10.0. The van der Waals surface area contributed by atoms with Crippen LogP contribution in [-0.4, -0.2) is 40.6 Å². The molecule has 0 saturated heterocycles. The summed E-state index contributed by atoms with van der Waals surface area (Å²) < 4.78 is 0. The van der Waals surface area contributed by atoms with E-state index in [1.165, 1.54) is 25.8 Å². The van der Waals surface area contributed by atoms with E-state index in [0.717, 1.165) is 19.3 Å². The molecule has 0 rings (SSSR count). The minimum atomic E-state index is -1.21. The Kier molecular flexibility index (Phi) is 6.87. The second-order valence-electron chi connectivity index (χ2n) is 6.10. The van der Waals surface area contributed by atoms with Gasteiger partial charge in [0.2, 0.25) is 0 Å². The predicted octanol–water partition coefficient (Wildman–Crippen LogP) is 2.71. The van der Waals surface area contributed by atoms with E-state index in [2.05, 4.69) is 19.2 Å². The fourth-order valence-corrected chi connectivity index (χ4v) is 1.61. The van der Waals surface area contributed by atoms with E-state index >= 15 is 0 Å². The molecule has 2 amide bonds. The van der Waals surface area contributed by atoms with Crippen LogP contribution in [0.2, 0.25) is 0 Å². The predicted molar refractivity (Wildman–Crippen MR) is 76.2 cm³/mol. The van der Waals surface area contributed by atoms with Crippen LogP contribution < -0.4 is 5.32 Å². The van der Waals surface area contributed by atoms with E-state index in [0.29, 0.717) is 5.92 Å². The Morgan fingerprint density at radius 2 is 1.74 bits per heavy atom. The first kappa shape index (κ1) is 17.7. The number of hydrogen-bond donors (Lipinski definition) is 2. The van der Waals surface area contributed by atoms with Crippen LogP contribution in [0.1, 0.15) is 53.9 Å². The summed E-state index contributed by atoms with van der Waals surface area (Å²) in [7, 11) is 1.50. The Hall–Kier alpha value is -1.26. The molecule has 5 heteroatoms. The smallest absolute Gasteiger partial charge is 0.329 e. The first-order valence-corrected chi connectivity index (χ1v) is 6.86. The molecule has 1 unspecified atom stereocenters. The topological polar surface area (TPSA) is 69.6 Å². The zero-order chi connectivity index (χ0) is 15.2. The van der Waals surface area contributed by atoms with Gasteiger partial charge in [-0.05, 0) is 33.1 Å². The van der Waals surface area contributed by atoms with Crippen molar-refractivity contribution in [1.29, 1.82) is 0 Å². The van der Waals surface area contributed by atoms with Gasteiger partial charge in [0.05, 0.1) is 0 Å². The number of nitrogens with one attached hydrogen (secondary N) is 1. The van der Waals surface area contributed by atoms with Gasteiger partial charge in [-0.25, -0.2) is 9.59 Å². The van der Waals surface area contributed by atoms with E-state index in [-0.39, 0.29) is 12.1 Å². The number of rotatable bonds is 7. The van der Waals surface area contributed by atoms with Crippen LogP contribution >= 0.6 is 0 Å². The van der Waals surface area contributed by atoms with Crippen LogP contribution in [0.15, 0.2) is 0 Å². The van der Waals surface area contributed by atoms with Gasteiger partial charge in [-0.15, -0.1) is 0 Å². The Balaban J connectivity index is 4.26. The number of hydrogen-bond acceptors (Lipinski definition) is 2. The van der Waals surface area contributed by atoms with Gasteiger partial charge in [0.1, 0.15) is 5.54 Å². The molecule has 0 aromatic heterocycles. The highest BCUT2D eigenvalue weighted by Gasteiger charge is 2.35. The van der Waals surface area contributed by atoms with Crippen molar-refractivity contribution in [1.82, 2.24) is 10.2 Å². The molecule has 0 aromatic carbocycles. The molecule has 5 nitrogen and oxygen atoms in total. The van der Waals surface area contributed by atoms with Crippen molar-refractivity contribution in [2.24, 2.45) is 5.92 Å². The number of amides is 2. The quantitative estimate of drug-likeness (QED) is 0.748. The number of carboxylic acid groups (broad SMARTS) is 1. The fraction of sp³-hybridized carbons (Fsp3) is 0.857. The number of carbonyl (C=O) groups excluding carboxylic acids is 1. The molecule has 0 bridgehead atoms. The summed E-state index contributed by atoms with van der Waals surface area (Å²) in [4.78, 5) is 24.3. The number of nitrogens with zero attached hydrogens (tertiary/aromatic N) is 1. The second-order valence-corrected chi connectivity index (χ2v) is 6.10. The Morgan fingerprint density at radius 3 is 2.16 bits per heavy atom. The van der Waals surface area contributed by atoms with Gasteiger partial charge in [-0.2, -0.15) is 0 Å². The monoisotopic (exact) mass is 272 g/mol. The van der Waals surface area contributed by atoms with Crippen molar-refractivity contribution >= 4 is 12.0 Å². The zero-order valence-corrected chi connectivity index (χ0v) is 13.0. The van der Waals surface area contributed by atoms with Crippen molar-refractivity contribution in [3.8, 4) is 0 Å². The summed E-state index contributed by atoms with van der Waals surface area (Å²) in [5.41, 5.74) is -1.21. The minimum Gasteiger partial charge on any atom is -0.480 e. The lowest BCUT2D eigenvalue weighted by Gasteiger charge is -2.32. The molecule has 2 N–H and O–H groups in total. The average molecular weight is 272 g/mol. The molecule has 0 aliphatic rings. The third kappa shape index (κ3) is 5.94. The van der Waals surface area contributed by atoms with Crippen LogP contribution in [0.5, 0.6) is 0 Å². The molecule has 0 spiro atoms. The number of urea groups is 1. The fourth-order valence-electron chi connectivity index (χ4n) is 1.61. The van der Waals surface area contributed by atoms with Crippen LogP contribution in [-0.2, 0) is 4.79 Å². The average Bonchev–Trinajstić information content (AvgIpc) is 2.26. The molecule has 0 fully saturated rings. The van der Waals surface area contributed by atoms with E-state index in [1.807, 2.05) is 6.92 Å². The van der Waals surface area contributed by atoms with Gasteiger partial charge in [-0.1, -0.05) is 26.7 Å². The van der Waals surface area contributed by atoms with Gasteiger partial charge >= 0.3 is 12.0 Å². The molecule has 0 saturated carbocycles. The Bertz CT molecular complexity index is 314. The molecule has 0 aliphatic carbocycles. The lowest BCUT2D eigenvalue weighted by molar-refractivity contribution is -0.146. The molecule has 0 aromatic rings. The normalized spacial score (nSPS) is 13.2. The summed E-state index contributed by atoms with van der Waals surface area (Å²) >= 11 is 0. The Labute approximate surface area is 116 Å². The van der Waals surface area contributed by atoms with Crippen LogP contribution in [0.3, 0.4) is 0 Å². The molecule has 112 valence electrons. The highest BCUT2D eigenvalue weighted by molar-refractivity contribution is 5.85. The molecule has 19 heavy (non-hydrogen) atoms. The summed E-state index contributed by atoms with van der Waals surface area (Å²) in [5, 5.41) is 11.9. The third-order valence-corrected chi connectivity index (χ3v) is 3.46. The summed E-state index contributed by atoms with van der Waals surface area (Å²) in [6, 6.07) is -0.289. The lowest BCUT2D eigenvalue weighted by Crippen LogP contribution is -2.55. The van der Waals surface area contributed by atoms with Crippen molar-refractivity contribution in [2.45, 2.75) is 65.5 Å². The molecule has 1 atom stereocenters. The molecule has 0 heterocycles. The number of carboxylic acids is 1. The molecule has 0 aliphatic heterocycles. The van der Waals surface area contributed by atoms with Crippen molar-refractivity contribution in [3.63, 3.8) is 0 Å². The first-order chi connectivity index (χ1) is 8.59. The maximum absolute atomic E-state index is 12.0. The number of aliphatic carboxylic acids is 1. The van der Waals surface area contributed by atoms with E-state index in [1.54, 1.807) is 0 Å². The van der Waals surface area contributed by atoms with E-state index < -0.39 is 11.5 Å². The largest absolute Gasteiger partial charge is 0.480 e. The maximum Gasteiger partial charge on any atom is 0.329 e. The van der Waals surface area contributed by atoms with Gasteiger partial charge in [0, 0.05) is 13.1 Å². The summed E-state index contributed by atoms with van der Waals surface area (Å²) in [6.07, 6.45) is 3.10. The highest BCUT2D eigenvalue weighted by atomic mass is 16.4. The van der Waals surface area contributed by atoms with Crippen molar-refractivity contribution < 1.29 is 14.7 Å². The van der Waals surface area contributed by atoms with Crippen LogP contribution in [0, 0.1) is 5.92 Å². The second kappa shape index (κ2) is 7.36. The van der Waals surface area contributed by atoms with Gasteiger partial charge in [0.15, 0.2) is 0 Å². The van der Waals surface area contributed by atoms with Gasteiger partial charge in [-0.3, -0.25) is 0 Å². The highest BCUT2D eigenvalue weighted by Crippen LogP contribution is 2.13. The van der Waals surface area contributed by atoms with Crippen molar-refractivity contribution in [2.75, 3.05) is 7.05 Å². The van der Waals surface area contributed by atoms with E-state index in [9.17, 15) is 9.59 Å². The standard InChI is InChI=1S/C14H28N2O3/c1-10(2)8-7-9-11(3)15-13(19)16(6)14(4,5)12(17)18/h10-11H,7-9H2,1-6H3,(H,15,19)(H,17,18). The Morgan fingerprint density at radius 1 is 1.21 bits per heavy atom. The van der Waals surface area contributed by atoms with Gasteiger partial charge < -0.3 is 15.3 Å². The van der Waals surface area contributed by atoms with Crippen LogP contribution in [0.4, 0.5) is 4.79 Å². The van der Waals surface area contributed by atoms with Crippen LogP contribution in [0.25, 0.3) is 0 Å². The van der Waals surface area contributed by atoms with Crippen molar-refractivity contribution in [3.05, 3.63) is 0 Å². The molecular weight excluding hydrogens is 244 g/mol. The number of likely N-dealkylation sites (N-methyl/N-ethyl adjacent to an activating group) is 1. The molecule has 0 radical (unpaired) electrons. The summed E-state index contributed by atoms with van der Waals surface area (Å²) in [5.74, 6) is -0.353. The minimum absolute atomic E-state index is 0.0540. The third-order valence-electron chi connectivity index (χ3n) is 3.46. The zero-order valence-electron chi connectivity index (χ0n) is 13.0. The maximum atomic E-state index is 12.0. The molecular formula is C14H28N2O3. The number of carbonyl (C=O) groups is 2. The SMILES string of the molecule is CC(C)CCCC(C)NC(=O)N(C)C(C)(C)C(=O)O. The summed E-state index contributed by atoms with van der Waals surface area (Å²) in [6.45, 7) is 9.31.